The van der Waals surface area contributed by atoms with Crippen LogP contribution in [0, 0.1) is 0 Å². The smallest absolute Gasteiger partial charge is 0.270 e. The number of carbonyl (C=O) groups is 1. The lowest BCUT2D eigenvalue weighted by Gasteiger charge is -2.37. The molecular formula is C21H23N5O. The quantitative estimate of drug-likeness (QED) is 0.701. The van der Waals surface area contributed by atoms with Crippen molar-refractivity contribution in [3.63, 3.8) is 0 Å². The monoisotopic (exact) mass is 361 g/mol. The van der Waals surface area contributed by atoms with Crippen molar-refractivity contribution < 1.29 is 4.79 Å². The molecule has 1 fully saturated rings. The van der Waals surface area contributed by atoms with Gasteiger partial charge in [-0.05, 0) is 49.0 Å². The molecule has 6 heteroatoms. The van der Waals surface area contributed by atoms with E-state index in [0.717, 1.165) is 35.8 Å². The molecule has 27 heavy (non-hydrogen) atoms. The van der Waals surface area contributed by atoms with Crippen LogP contribution in [0.3, 0.4) is 0 Å². The molecule has 4 rings (SSSR count). The maximum Gasteiger partial charge on any atom is 0.270 e. The Morgan fingerprint density at radius 2 is 2.15 bits per heavy atom. The third-order valence-corrected chi connectivity index (χ3v) is 5.34. The Morgan fingerprint density at radius 1 is 1.26 bits per heavy atom. The van der Waals surface area contributed by atoms with Gasteiger partial charge in [0.15, 0.2) is 0 Å². The van der Waals surface area contributed by atoms with E-state index < -0.39 is 0 Å². The first-order valence-electron chi connectivity index (χ1n) is 9.17. The van der Waals surface area contributed by atoms with Crippen LogP contribution in [-0.2, 0) is 0 Å². The molecule has 0 bridgehead atoms. The molecule has 2 aromatic carbocycles. The van der Waals surface area contributed by atoms with Gasteiger partial charge in [0.25, 0.3) is 5.91 Å². The van der Waals surface area contributed by atoms with Crippen LogP contribution in [0.25, 0.3) is 10.8 Å². The number of piperidine rings is 1. The fourth-order valence-corrected chi connectivity index (χ4v) is 3.81. The minimum atomic E-state index is -0.145. The number of nitrogens with zero attached hydrogens (tertiary/aromatic N) is 3. The molecule has 2 atom stereocenters. The zero-order valence-electron chi connectivity index (χ0n) is 15.3. The van der Waals surface area contributed by atoms with Gasteiger partial charge in [0.2, 0.25) is 0 Å². The Morgan fingerprint density at radius 3 is 2.96 bits per heavy atom. The van der Waals surface area contributed by atoms with E-state index in [1.54, 1.807) is 12.3 Å². The van der Waals surface area contributed by atoms with Gasteiger partial charge < -0.3 is 11.1 Å². The van der Waals surface area contributed by atoms with Crippen LogP contribution in [0.4, 0.5) is 5.69 Å². The number of hydrogen-bond donors (Lipinski definition) is 2. The molecule has 2 unspecified atom stereocenters. The number of benzene rings is 2. The van der Waals surface area contributed by atoms with Gasteiger partial charge >= 0.3 is 0 Å². The Kier molecular flexibility index (Phi) is 4.73. The second-order valence-electron chi connectivity index (χ2n) is 7.11. The number of hydrogen-bond acceptors (Lipinski definition) is 5. The first-order chi connectivity index (χ1) is 13.1. The summed E-state index contributed by atoms with van der Waals surface area (Å²) in [6, 6.07) is 14.4. The van der Waals surface area contributed by atoms with Crippen molar-refractivity contribution in [1.82, 2.24) is 20.2 Å². The highest BCUT2D eigenvalue weighted by atomic mass is 16.1. The first kappa shape index (κ1) is 17.4. The molecule has 2 heterocycles. The molecular weight excluding hydrogens is 338 g/mol. The van der Waals surface area contributed by atoms with Gasteiger partial charge in [-0.15, -0.1) is 0 Å². The van der Waals surface area contributed by atoms with E-state index in [-0.39, 0.29) is 18.0 Å². The molecule has 138 valence electrons. The number of carbonyl (C=O) groups excluding carboxylic acids is 1. The Labute approximate surface area is 158 Å². The van der Waals surface area contributed by atoms with Gasteiger partial charge in [0, 0.05) is 35.9 Å². The lowest BCUT2D eigenvalue weighted by atomic mass is 9.90. The third-order valence-electron chi connectivity index (χ3n) is 5.34. The summed E-state index contributed by atoms with van der Waals surface area (Å²) in [5, 5.41) is 5.35. The molecule has 0 aliphatic carbocycles. The highest BCUT2D eigenvalue weighted by molar-refractivity contribution is 5.93. The van der Waals surface area contributed by atoms with Crippen LogP contribution < -0.4 is 11.1 Å². The Hall–Kier alpha value is -2.99. The fraction of sp³-hybridized carbons (Fsp3) is 0.286. The van der Waals surface area contributed by atoms with Crippen LogP contribution in [0.5, 0.6) is 0 Å². The van der Waals surface area contributed by atoms with Gasteiger partial charge in [0.1, 0.15) is 12.0 Å². The zero-order valence-corrected chi connectivity index (χ0v) is 15.3. The minimum absolute atomic E-state index is 0.109. The van der Waals surface area contributed by atoms with E-state index in [0.29, 0.717) is 5.69 Å². The third kappa shape index (κ3) is 3.61. The number of amides is 1. The molecule has 0 spiro atoms. The van der Waals surface area contributed by atoms with E-state index in [1.165, 1.54) is 11.9 Å². The molecule has 1 aliphatic heterocycles. The highest BCUT2D eigenvalue weighted by Gasteiger charge is 2.28. The second-order valence-corrected chi connectivity index (χ2v) is 7.11. The molecule has 0 saturated carbocycles. The van der Waals surface area contributed by atoms with E-state index in [4.69, 9.17) is 5.73 Å². The summed E-state index contributed by atoms with van der Waals surface area (Å²) >= 11 is 0. The molecule has 3 aromatic rings. The molecule has 1 aliphatic rings. The van der Waals surface area contributed by atoms with Crippen molar-refractivity contribution in [1.29, 1.82) is 0 Å². The number of aromatic nitrogens is 2. The summed E-state index contributed by atoms with van der Waals surface area (Å²) in [6.45, 7) is 0.918. The van der Waals surface area contributed by atoms with E-state index >= 15 is 0 Å². The Balaban J connectivity index is 1.54. The normalized spacial score (nSPS) is 20.5. The van der Waals surface area contributed by atoms with E-state index in [1.807, 2.05) is 12.1 Å². The van der Waals surface area contributed by atoms with Crippen molar-refractivity contribution >= 4 is 22.4 Å². The Bertz CT molecular complexity index is 959. The van der Waals surface area contributed by atoms with E-state index in [2.05, 4.69) is 51.5 Å². The van der Waals surface area contributed by atoms with Crippen molar-refractivity contribution in [2.75, 3.05) is 19.3 Å². The largest absolute Gasteiger partial charge is 0.398 e. The van der Waals surface area contributed by atoms with Crippen LogP contribution in [0.15, 0.2) is 55.0 Å². The summed E-state index contributed by atoms with van der Waals surface area (Å²) < 4.78 is 0. The van der Waals surface area contributed by atoms with E-state index in [9.17, 15) is 4.79 Å². The lowest BCUT2D eigenvalue weighted by Crippen LogP contribution is -2.45. The SMILES string of the molecule is CN1CCC(NC(=O)c2ccncn2)CC1c1ccc2cccc(N)c2c1. The summed E-state index contributed by atoms with van der Waals surface area (Å²) in [4.78, 5) is 22.7. The number of anilines is 1. The maximum atomic E-state index is 12.4. The van der Waals surface area contributed by atoms with Crippen molar-refractivity contribution in [3.8, 4) is 0 Å². The van der Waals surface area contributed by atoms with Gasteiger partial charge in [-0.2, -0.15) is 0 Å². The summed E-state index contributed by atoms with van der Waals surface area (Å²) in [7, 11) is 2.13. The maximum absolute atomic E-state index is 12.4. The molecule has 6 nitrogen and oxygen atoms in total. The number of fused-ring (bicyclic) bond motifs is 1. The number of nitrogens with one attached hydrogen (secondary N) is 1. The zero-order chi connectivity index (χ0) is 18.8. The predicted molar refractivity (Wildman–Crippen MR) is 106 cm³/mol. The molecule has 1 amide bonds. The molecule has 1 saturated heterocycles. The predicted octanol–water partition coefficient (Wildman–Crippen LogP) is 2.78. The van der Waals surface area contributed by atoms with Gasteiger partial charge in [-0.3, -0.25) is 9.69 Å². The molecule has 3 N–H and O–H groups in total. The number of rotatable bonds is 3. The van der Waals surface area contributed by atoms with Crippen molar-refractivity contribution in [3.05, 3.63) is 66.2 Å². The van der Waals surface area contributed by atoms with Crippen molar-refractivity contribution in [2.45, 2.75) is 24.9 Å². The summed E-state index contributed by atoms with van der Waals surface area (Å²) in [5.41, 5.74) is 8.58. The average molecular weight is 361 g/mol. The van der Waals surface area contributed by atoms with Crippen LogP contribution >= 0.6 is 0 Å². The van der Waals surface area contributed by atoms with Gasteiger partial charge in [-0.25, -0.2) is 9.97 Å². The standard InChI is InChI=1S/C21H23N5O/c1-26-10-8-16(25-21(27)19-7-9-23-13-24-19)12-20(26)15-6-5-14-3-2-4-18(22)17(14)11-15/h2-7,9,11,13,16,20H,8,10,12,22H2,1H3,(H,25,27). The molecule has 0 radical (unpaired) electrons. The summed E-state index contributed by atoms with van der Waals surface area (Å²) in [6.07, 6.45) is 4.75. The van der Waals surface area contributed by atoms with Crippen molar-refractivity contribution in [2.24, 2.45) is 0 Å². The van der Waals surface area contributed by atoms with Crippen LogP contribution in [0.1, 0.15) is 34.9 Å². The second kappa shape index (κ2) is 7.32. The van der Waals surface area contributed by atoms with Crippen LogP contribution in [0.2, 0.25) is 0 Å². The first-order valence-corrected chi connectivity index (χ1v) is 9.17. The molecule has 1 aromatic heterocycles. The minimum Gasteiger partial charge on any atom is -0.398 e. The topological polar surface area (TPSA) is 84.1 Å². The number of nitrogen functional groups attached to an aromatic ring is 1. The van der Waals surface area contributed by atoms with Gasteiger partial charge in [0.05, 0.1) is 0 Å². The highest BCUT2D eigenvalue weighted by Crippen LogP contribution is 2.33. The number of likely N-dealkylation sites (tertiary alicyclic amines) is 1. The van der Waals surface area contributed by atoms with Gasteiger partial charge in [-0.1, -0.05) is 24.3 Å². The average Bonchev–Trinajstić information content (AvgIpc) is 2.70. The van der Waals surface area contributed by atoms with Crippen LogP contribution in [-0.4, -0.2) is 40.4 Å². The number of nitrogens with two attached hydrogens (primary N) is 1. The fourth-order valence-electron chi connectivity index (χ4n) is 3.81. The lowest BCUT2D eigenvalue weighted by molar-refractivity contribution is 0.0883. The summed E-state index contributed by atoms with van der Waals surface area (Å²) in [5.74, 6) is -0.145.